The monoisotopic (exact) mass is 375 g/mol. The van der Waals surface area contributed by atoms with Gasteiger partial charge in [0.15, 0.2) is 0 Å². The molecule has 2 aromatic heterocycles. The molecule has 7 heteroatoms. The molecule has 1 aliphatic heterocycles. The van der Waals surface area contributed by atoms with E-state index >= 15 is 0 Å². The molecule has 0 spiro atoms. The van der Waals surface area contributed by atoms with Gasteiger partial charge in [0.1, 0.15) is 11.7 Å². The van der Waals surface area contributed by atoms with Crippen molar-refractivity contribution < 1.29 is 9.59 Å². The first-order chi connectivity index (χ1) is 13.7. The second-order valence-electron chi connectivity index (χ2n) is 6.73. The number of para-hydroxylation sites is 1. The summed E-state index contributed by atoms with van der Waals surface area (Å²) in [4.78, 5) is 29.4. The van der Waals surface area contributed by atoms with E-state index in [4.69, 9.17) is 0 Å². The second kappa shape index (κ2) is 8.04. The van der Waals surface area contributed by atoms with Crippen LogP contribution in [-0.2, 0) is 4.79 Å². The molecule has 0 unspecified atom stereocenters. The minimum absolute atomic E-state index is 0.135. The van der Waals surface area contributed by atoms with Gasteiger partial charge in [0.05, 0.1) is 11.3 Å². The van der Waals surface area contributed by atoms with E-state index in [1.807, 2.05) is 36.4 Å². The summed E-state index contributed by atoms with van der Waals surface area (Å²) >= 11 is 0. The maximum Gasteiger partial charge on any atom is 0.255 e. The fourth-order valence-electron chi connectivity index (χ4n) is 3.28. The molecule has 2 amide bonds. The lowest BCUT2D eigenvalue weighted by molar-refractivity contribution is -0.122. The van der Waals surface area contributed by atoms with Gasteiger partial charge in [-0.25, -0.2) is 4.68 Å². The number of carbonyl (C=O) groups excluding carboxylic acids is 2. The minimum atomic E-state index is -0.531. The Morgan fingerprint density at radius 2 is 2.00 bits per heavy atom. The topological polar surface area (TPSA) is 88.9 Å². The predicted octanol–water partition coefficient (Wildman–Crippen LogP) is 2.33. The Labute approximate surface area is 162 Å². The smallest absolute Gasteiger partial charge is 0.255 e. The van der Waals surface area contributed by atoms with Gasteiger partial charge in [0.2, 0.25) is 5.91 Å². The molecule has 3 heterocycles. The van der Waals surface area contributed by atoms with Gasteiger partial charge in [0.25, 0.3) is 5.91 Å². The van der Waals surface area contributed by atoms with Gasteiger partial charge in [0, 0.05) is 30.7 Å². The normalized spacial score (nSPS) is 16.9. The maximum absolute atomic E-state index is 13.0. The van der Waals surface area contributed by atoms with Gasteiger partial charge >= 0.3 is 0 Å². The highest BCUT2D eigenvalue weighted by molar-refractivity contribution is 6.02. The number of hydrogen-bond acceptors (Lipinski definition) is 4. The maximum atomic E-state index is 13.0. The third kappa shape index (κ3) is 3.78. The van der Waals surface area contributed by atoms with Crippen molar-refractivity contribution in [1.29, 1.82) is 0 Å². The predicted molar refractivity (Wildman–Crippen MR) is 105 cm³/mol. The van der Waals surface area contributed by atoms with Crippen LogP contribution in [0.25, 0.3) is 16.9 Å². The van der Waals surface area contributed by atoms with Gasteiger partial charge in [-0.2, -0.15) is 5.10 Å². The van der Waals surface area contributed by atoms with Crippen LogP contribution in [0.15, 0.2) is 61.1 Å². The average Bonchev–Trinajstić information content (AvgIpc) is 3.10. The molecule has 2 N–H and O–H groups in total. The largest absolute Gasteiger partial charge is 0.354 e. The number of aromatic nitrogens is 3. The Bertz CT molecular complexity index is 969. The zero-order chi connectivity index (χ0) is 19.3. The first-order valence-corrected chi connectivity index (χ1v) is 9.36. The quantitative estimate of drug-likeness (QED) is 0.732. The third-order valence-corrected chi connectivity index (χ3v) is 4.76. The van der Waals surface area contributed by atoms with Gasteiger partial charge in [-0.3, -0.25) is 14.6 Å². The number of amides is 2. The van der Waals surface area contributed by atoms with Crippen LogP contribution in [0.2, 0.25) is 0 Å². The van der Waals surface area contributed by atoms with E-state index in [-0.39, 0.29) is 11.8 Å². The Kier molecular flexibility index (Phi) is 5.14. The van der Waals surface area contributed by atoms with Crippen LogP contribution < -0.4 is 10.6 Å². The van der Waals surface area contributed by atoms with Crippen molar-refractivity contribution in [2.75, 3.05) is 6.54 Å². The molecule has 0 bridgehead atoms. The van der Waals surface area contributed by atoms with Gasteiger partial charge in [-0.15, -0.1) is 0 Å². The molecule has 1 saturated heterocycles. The summed E-state index contributed by atoms with van der Waals surface area (Å²) in [5.41, 5.74) is 2.53. The van der Waals surface area contributed by atoms with Crippen LogP contribution in [0, 0.1) is 0 Å². The molecule has 0 saturated carbocycles. The van der Waals surface area contributed by atoms with Gasteiger partial charge in [-0.1, -0.05) is 18.2 Å². The molecule has 142 valence electrons. The molecule has 3 aromatic rings. The van der Waals surface area contributed by atoms with Crippen molar-refractivity contribution >= 4 is 11.8 Å². The lowest BCUT2D eigenvalue weighted by atomic mass is 10.1. The molecule has 28 heavy (non-hydrogen) atoms. The highest BCUT2D eigenvalue weighted by atomic mass is 16.2. The van der Waals surface area contributed by atoms with E-state index in [2.05, 4.69) is 20.7 Å². The molecule has 1 fully saturated rings. The van der Waals surface area contributed by atoms with Crippen molar-refractivity contribution in [1.82, 2.24) is 25.4 Å². The standard InChI is InChI=1S/C21H21N5O2/c27-20(24-18-10-4-5-12-23-21(18)28)17-14-26(16-8-2-1-3-9-16)25-19(17)15-7-6-11-22-13-15/h1-3,6-9,11,13-14,18H,4-5,10,12H2,(H,23,28)(H,24,27)/t18-/m1/s1. The van der Waals surface area contributed by atoms with Crippen LogP contribution in [0.4, 0.5) is 0 Å². The van der Waals surface area contributed by atoms with Crippen LogP contribution in [0.1, 0.15) is 29.6 Å². The molecule has 4 rings (SSSR count). The van der Waals surface area contributed by atoms with Crippen molar-refractivity contribution in [2.45, 2.75) is 25.3 Å². The summed E-state index contributed by atoms with van der Waals surface area (Å²) in [6, 6.07) is 12.7. The molecular weight excluding hydrogens is 354 g/mol. The molecule has 1 atom stereocenters. The summed E-state index contributed by atoms with van der Waals surface area (Å²) in [5, 5.41) is 10.3. The zero-order valence-corrected chi connectivity index (χ0v) is 15.3. The van der Waals surface area contributed by atoms with E-state index in [1.165, 1.54) is 0 Å². The Morgan fingerprint density at radius 3 is 2.79 bits per heavy atom. The van der Waals surface area contributed by atoms with E-state index < -0.39 is 6.04 Å². The zero-order valence-electron chi connectivity index (χ0n) is 15.3. The summed E-state index contributed by atoms with van der Waals surface area (Å²) in [7, 11) is 0. The van der Waals surface area contributed by atoms with Crippen molar-refractivity contribution in [2.24, 2.45) is 0 Å². The van der Waals surface area contributed by atoms with Crippen molar-refractivity contribution in [3.63, 3.8) is 0 Å². The second-order valence-corrected chi connectivity index (χ2v) is 6.73. The molecular formula is C21H21N5O2. The van der Waals surface area contributed by atoms with Crippen molar-refractivity contribution in [3.05, 3.63) is 66.6 Å². The lowest BCUT2D eigenvalue weighted by Crippen LogP contribution is -2.45. The first kappa shape index (κ1) is 17.9. The fraction of sp³-hybridized carbons (Fsp3) is 0.238. The number of nitrogens with zero attached hydrogens (tertiary/aromatic N) is 3. The summed E-state index contributed by atoms with van der Waals surface area (Å²) in [6.07, 6.45) is 7.49. The molecule has 1 aliphatic rings. The van der Waals surface area contributed by atoms with E-state index in [9.17, 15) is 9.59 Å². The molecule has 0 aliphatic carbocycles. The number of hydrogen-bond donors (Lipinski definition) is 2. The van der Waals surface area contributed by atoms with Crippen LogP contribution in [0.3, 0.4) is 0 Å². The Balaban J connectivity index is 1.69. The number of nitrogens with one attached hydrogen (secondary N) is 2. The highest BCUT2D eigenvalue weighted by Gasteiger charge is 2.26. The average molecular weight is 375 g/mol. The SMILES string of the molecule is O=C(N[C@@H]1CCCCNC1=O)c1cn(-c2ccccc2)nc1-c1cccnc1. The van der Waals surface area contributed by atoms with E-state index in [0.717, 1.165) is 24.1 Å². The number of rotatable bonds is 4. The highest BCUT2D eigenvalue weighted by Crippen LogP contribution is 2.23. The summed E-state index contributed by atoms with van der Waals surface area (Å²) in [6.45, 7) is 0.651. The van der Waals surface area contributed by atoms with E-state index in [0.29, 0.717) is 24.2 Å². The number of pyridine rings is 1. The van der Waals surface area contributed by atoms with Gasteiger partial charge < -0.3 is 10.6 Å². The molecule has 0 radical (unpaired) electrons. The Hall–Kier alpha value is -3.48. The summed E-state index contributed by atoms with van der Waals surface area (Å²) in [5.74, 6) is -0.452. The molecule has 7 nitrogen and oxygen atoms in total. The van der Waals surface area contributed by atoms with E-state index in [1.54, 1.807) is 29.3 Å². The molecule has 1 aromatic carbocycles. The number of benzene rings is 1. The van der Waals surface area contributed by atoms with Crippen LogP contribution >= 0.6 is 0 Å². The fourth-order valence-corrected chi connectivity index (χ4v) is 3.28. The number of carbonyl (C=O) groups is 2. The van der Waals surface area contributed by atoms with Crippen molar-refractivity contribution in [3.8, 4) is 16.9 Å². The first-order valence-electron chi connectivity index (χ1n) is 9.36. The minimum Gasteiger partial charge on any atom is -0.354 e. The van der Waals surface area contributed by atoms with Crippen LogP contribution in [0.5, 0.6) is 0 Å². The lowest BCUT2D eigenvalue weighted by Gasteiger charge is -2.15. The van der Waals surface area contributed by atoms with Gasteiger partial charge in [-0.05, 0) is 43.5 Å². The summed E-state index contributed by atoms with van der Waals surface area (Å²) < 4.78 is 1.67. The third-order valence-electron chi connectivity index (χ3n) is 4.76. The Morgan fingerprint density at radius 1 is 1.14 bits per heavy atom. The van der Waals surface area contributed by atoms with Crippen LogP contribution in [-0.4, -0.2) is 39.2 Å².